The Morgan fingerprint density at radius 2 is 2.06 bits per heavy atom. The van der Waals surface area contributed by atoms with Crippen molar-refractivity contribution in [1.29, 1.82) is 0 Å². The highest BCUT2D eigenvalue weighted by molar-refractivity contribution is 5.91. The molecular weight excluding hydrogens is 254 g/mol. The third-order valence-electron chi connectivity index (χ3n) is 2.48. The number of ether oxygens (including phenoxy) is 2. The smallest absolute Gasteiger partial charge is 0.338 e. The van der Waals surface area contributed by atoms with Crippen molar-refractivity contribution in [2.24, 2.45) is 5.73 Å². The Bertz CT molecular complexity index is 382. The summed E-state index contributed by atoms with van der Waals surface area (Å²) in [4.78, 5) is 11.5. The average molecular weight is 274 g/mol. The number of carbonyl (C=O) groups excluding carboxylic acids is 1. The molecule has 0 aliphatic rings. The molecule has 0 aliphatic carbocycles. The molecule has 1 aromatic carbocycles. The van der Waals surface area contributed by atoms with Gasteiger partial charge in [-0.2, -0.15) is 0 Å². The van der Waals surface area contributed by atoms with Gasteiger partial charge in [0.25, 0.3) is 0 Å². The number of unbranched alkanes of at least 4 members (excludes halogenated alkanes) is 1. The lowest BCUT2D eigenvalue weighted by molar-refractivity contribution is 0.0599. The molecule has 4 nitrogen and oxygen atoms in total. The molecule has 0 radical (unpaired) electrons. The number of nitrogens with two attached hydrogens (primary N) is 1. The molecule has 0 bridgehead atoms. The van der Waals surface area contributed by atoms with E-state index >= 15 is 0 Å². The van der Waals surface area contributed by atoms with E-state index in [1.807, 2.05) is 19.1 Å². The number of halogens is 1. The molecule has 0 aromatic heterocycles. The molecule has 5 heteroatoms. The van der Waals surface area contributed by atoms with E-state index in [2.05, 4.69) is 0 Å². The summed E-state index contributed by atoms with van der Waals surface area (Å²) in [7, 11) is 1.37. The number of carbonyl (C=O) groups is 1. The van der Waals surface area contributed by atoms with Gasteiger partial charge in [0, 0.05) is 0 Å². The van der Waals surface area contributed by atoms with Crippen LogP contribution in [0.3, 0.4) is 0 Å². The number of esters is 1. The standard InChI is InChI=1S/C13H19NO3.ClH/c1-10-5-6-11(17-8-4-3-7-14)9-12(10)13(15)16-2;/h5-6,9H,3-4,7-8,14H2,1-2H3;1H. The maximum absolute atomic E-state index is 11.5. The fourth-order valence-electron chi connectivity index (χ4n) is 1.46. The fourth-order valence-corrected chi connectivity index (χ4v) is 1.46. The van der Waals surface area contributed by atoms with Crippen LogP contribution >= 0.6 is 12.4 Å². The van der Waals surface area contributed by atoms with Gasteiger partial charge in [-0.3, -0.25) is 0 Å². The Hall–Kier alpha value is -1.26. The fraction of sp³-hybridized carbons (Fsp3) is 0.462. The van der Waals surface area contributed by atoms with Gasteiger partial charge in [0.05, 0.1) is 19.3 Å². The van der Waals surface area contributed by atoms with Gasteiger partial charge in [-0.25, -0.2) is 4.79 Å². The van der Waals surface area contributed by atoms with E-state index in [0.717, 1.165) is 18.4 Å². The van der Waals surface area contributed by atoms with Crippen LogP contribution in [0, 0.1) is 6.92 Å². The first-order chi connectivity index (χ1) is 8.19. The Labute approximate surface area is 114 Å². The molecule has 0 amide bonds. The number of aryl methyl sites for hydroxylation is 1. The molecule has 1 rings (SSSR count). The molecule has 0 atom stereocenters. The van der Waals surface area contributed by atoms with Crippen LogP contribution in [-0.2, 0) is 4.74 Å². The highest BCUT2D eigenvalue weighted by Gasteiger charge is 2.10. The van der Waals surface area contributed by atoms with Crippen LogP contribution in [0.2, 0.25) is 0 Å². The van der Waals surface area contributed by atoms with E-state index in [1.165, 1.54) is 7.11 Å². The van der Waals surface area contributed by atoms with E-state index in [1.54, 1.807) is 6.07 Å². The second kappa shape index (κ2) is 8.78. The number of methoxy groups -OCH3 is 1. The predicted molar refractivity (Wildman–Crippen MR) is 73.5 cm³/mol. The largest absolute Gasteiger partial charge is 0.494 e. The van der Waals surface area contributed by atoms with Crippen molar-refractivity contribution in [3.63, 3.8) is 0 Å². The van der Waals surface area contributed by atoms with Crippen LogP contribution in [0.5, 0.6) is 5.75 Å². The van der Waals surface area contributed by atoms with Crippen molar-refractivity contribution < 1.29 is 14.3 Å². The monoisotopic (exact) mass is 273 g/mol. The van der Waals surface area contributed by atoms with Crippen molar-refractivity contribution in [3.05, 3.63) is 29.3 Å². The van der Waals surface area contributed by atoms with Crippen molar-refractivity contribution >= 4 is 18.4 Å². The minimum Gasteiger partial charge on any atom is -0.494 e. The van der Waals surface area contributed by atoms with Crippen LogP contribution in [-0.4, -0.2) is 26.2 Å². The minimum atomic E-state index is -0.338. The van der Waals surface area contributed by atoms with Gasteiger partial charge < -0.3 is 15.2 Å². The predicted octanol–water partition coefficient (Wildman–Crippen LogP) is 2.32. The zero-order valence-electron chi connectivity index (χ0n) is 10.8. The second-order valence-corrected chi connectivity index (χ2v) is 3.81. The Balaban J connectivity index is 0.00000289. The topological polar surface area (TPSA) is 61.5 Å². The molecule has 0 fully saturated rings. The first kappa shape index (κ1) is 16.7. The normalized spacial score (nSPS) is 9.50. The number of hydrogen-bond donors (Lipinski definition) is 1. The van der Waals surface area contributed by atoms with Crippen LogP contribution in [0.15, 0.2) is 18.2 Å². The number of benzene rings is 1. The summed E-state index contributed by atoms with van der Waals surface area (Å²) in [5.74, 6) is 0.350. The lowest BCUT2D eigenvalue weighted by atomic mass is 10.1. The van der Waals surface area contributed by atoms with Gasteiger partial charge in [0.2, 0.25) is 0 Å². The van der Waals surface area contributed by atoms with E-state index in [4.69, 9.17) is 15.2 Å². The quantitative estimate of drug-likeness (QED) is 0.638. The first-order valence-corrected chi connectivity index (χ1v) is 5.71. The van der Waals surface area contributed by atoms with E-state index in [9.17, 15) is 4.79 Å². The molecule has 0 aliphatic heterocycles. The second-order valence-electron chi connectivity index (χ2n) is 3.81. The zero-order valence-corrected chi connectivity index (χ0v) is 11.6. The average Bonchev–Trinajstić information content (AvgIpc) is 2.35. The van der Waals surface area contributed by atoms with Crippen LogP contribution in [0.1, 0.15) is 28.8 Å². The lowest BCUT2D eigenvalue weighted by Crippen LogP contribution is -2.06. The van der Waals surface area contributed by atoms with Crippen molar-refractivity contribution in [2.75, 3.05) is 20.3 Å². The van der Waals surface area contributed by atoms with Gasteiger partial charge >= 0.3 is 5.97 Å². The summed E-state index contributed by atoms with van der Waals surface area (Å²) in [6.45, 7) is 3.15. The van der Waals surface area contributed by atoms with Gasteiger partial charge in [-0.1, -0.05) is 6.07 Å². The minimum absolute atomic E-state index is 0. The van der Waals surface area contributed by atoms with Crippen LogP contribution in [0.4, 0.5) is 0 Å². The Morgan fingerprint density at radius 1 is 1.33 bits per heavy atom. The summed E-state index contributed by atoms with van der Waals surface area (Å²) in [5.41, 5.74) is 6.82. The van der Waals surface area contributed by atoms with E-state index in [0.29, 0.717) is 24.5 Å². The molecule has 0 heterocycles. The van der Waals surface area contributed by atoms with Crippen molar-refractivity contribution in [3.8, 4) is 5.75 Å². The molecule has 1 aromatic rings. The number of hydrogen-bond acceptors (Lipinski definition) is 4. The van der Waals surface area contributed by atoms with E-state index < -0.39 is 0 Å². The Morgan fingerprint density at radius 3 is 2.67 bits per heavy atom. The van der Waals surface area contributed by atoms with Gasteiger partial charge in [-0.15, -0.1) is 12.4 Å². The Kier molecular flexibility index (Phi) is 8.16. The van der Waals surface area contributed by atoms with E-state index in [-0.39, 0.29) is 18.4 Å². The zero-order chi connectivity index (χ0) is 12.7. The molecule has 2 N–H and O–H groups in total. The molecule has 0 spiro atoms. The summed E-state index contributed by atoms with van der Waals surface area (Å²) in [6, 6.07) is 5.42. The maximum atomic E-state index is 11.5. The lowest BCUT2D eigenvalue weighted by Gasteiger charge is -2.09. The maximum Gasteiger partial charge on any atom is 0.338 e. The first-order valence-electron chi connectivity index (χ1n) is 5.71. The molecular formula is C13H20ClNO3. The van der Waals surface area contributed by atoms with Crippen LogP contribution in [0.25, 0.3) is 0 Å². The molecule has 0 unspecified atom stereocenters. The van der Waals surface area contributed by atoms with Crippen molar-refractivity contribution in [2.45, 2.75) is 19.8 Å². The van der Waals surface area contributed by atoms with Gasteiger partial charge in [-0.05, 0) is 44.0 Å². The highest BCUT2D eigenvalue weighted by atomic mass is 35.5. The molecule has 0 saturated carbocycles. The third kappa shape index (κ3) is 4.94. The highest BCUT2D eigenvalue weighted by Crippen LogP contribution is 2.18. The summed E-state index contributed by atoms with van der Waals surface area (Å²) in [6.07, 6.45) is 1.85. The molecule has 0 saturated heterocycles. The van der Waals surface area contributed by atoms with Crippen molar-refractivity contribution in [1.82, 2.24) is 0 Å². The summed E-state index contributed by atoms with van der Waals surface area (Å²) in [5, 5.41) is 0. The van der Waals surface area contributed by atoms with Gasteiger partial charge in [0.15, 0.2) is 0 Å². The third-order valence-corrected chi connectivity index (χ3v) is 2.48. The summed E-state index contributed by atoms with van der Waals surface area (Å²) < 4.78 is 10.2. The van der Waals surface area contributed by atoms with Crippen LogP contribution < -0.4 is 10.5 Å². The van der Waals surface area contributed by atoms with Gasteiger partial charge in [0.1, 0.15) is 5.75 Å². The SMILES string of the molecule is COC(=O)c1cc(OCCCCN)ccc1C.Cl. The molecule has 102 valence electrons. The number of rotatable bonds is 6. The molecule has 18 heavy (non-hydrogen) atoms. The summed E-state index contributed by atoms with van der Waals surface area (Å²) >= 11 is 0.